The lowest BCUT2D eigenvalue weighted by molar-refractivity contribution is -0.162. The number of ether oxygens (including phenoxy) is 2. The summed E-state index contributed by atoms with van der Waals surface area (Å²) in [5.41, 5.74) is -1.76. The number of aliphatic carboxylic acids is 1. The SMILES string of the molecule is CCCCCC(O)C=CC1C(CO)C(C(=O)O)C(=O)C1(CCCCCCC(=O)OCC)C(=O)OCC. The number of unbranched alkanes of at least 4 members (excludes halogenated alkanes) is 5. The van der Waals surface area contributed by atoms with Gasteiger partial charge in [0.15, 0.2) is 5.78 Å². The van der Waals surface area contributed by atoms with Crippen LogP contribution in [0, 0.1) is 23.2 Å². The van der Waals surface area contributed by atoms with E-state index < -0.39 is 53.6 Å². The van der Waals surface area contributed by atoms with E-state index in [0.717, 1.165) is 19.3 Å². The van der Waals surface area contributed by atoms with Crippen molar-refractivity contribution in [2.24, 2.45) is 23.2 Å². The van der Waals surface area contributed by atoms with Gasteiger partial charge in [-0.2, -0.15) is 0 Å². The molecule has 36 heavy (non-hydrogen) atoms. The highest BCUT2D eigenvalue weighted by Crippen LogP contribution is 2.52. The molecule has 0 aliphatic heterocycles. The third-order valence-corrected chi connectivity index (χ3v) is 6.95. The second-order valence-electron chi connectivity index (χ2n) is 9.41. The van der Waals surface area contributed by atoms with E-state index in [1.165, 1.54) is 12.2 Å². The average molecular weight is 513 g/mol. The summed E-state index contributed by atoms with van der Waals surface area (Å²) < 4.78 is 10.2. The number of carboxylic acids is 1. The lowest BCUT2D eigenvalue weighted by atomic mass is 9.71. The van der Waals surface area contributed by atoms with Gasteiger partial charge in [-0.25, -0.2) is 0 Å². The molecule has 0 aromatic heterocycles. The number of carbonyl (C=O) groups is 4. The minimum absolute atomic E-state index is 0.0189. The second-order valence-corrected chi connectivity index (χ2v) is 9.41. The van der Waals surface area contributed by atoms with E-state index in [0.29, 0.717) is 38.7 Å². The zero-order valence-electron chi connectivity index (χ0n) is 21.9. The number of aliphatic hydroxyl groups excluding tert-OH is 2. The van der Waals surface area contributed by atoms with E-state index in [1.807, 2.05) is 0 Å². The van der Waals surface area contributed by atoms with Crippen LogP contribution in [0.4, 0.5) is 0 Å². The number of aliphatic hydroxyl groups is 2. The van der Waals surface area contributed by atoms with Crippen LogP contribution in [0.2, 0.25) is 0 Å². The Bertz CT molecular complexity index is 748. The number of esters is 2. The summed E-state index contributed by atoms with van der Waals surface area (Å²) in [4.78, 5) is 50.4. The molecular weight excluding hydrogens is 468 g/mol. The molecule has 0 bridgehead atoms. The fourth-order valence-corrected chi connectivity index (χ4v) is 5.13. The maximum atomic E-state index is 13.6. The van der Waals surface area contributed by atoms with Crippen LogP contribution >= 0.6 is 0 Å². The van der Waals surface area contributed by atoms with E-state index in [9.17, 15) is 34.5 Å². The van der Waals surface area contributed by atoms with Gasteiger partial charge < -0.3 is 24.8 Å². The first-order chi connectivity index (χ1) is 17.2. The van der Waals surface area contributed by atoms with Gasteiger partial charge in [-0.15, -0.1) is 0 Å². The summed E-state index contributed by atoms with van der Waals surface area (Å²) in [5.74, 6) is -6.69. The third-order valence-electron chi connectivity index (χ3n) is 6.95. The predicted molar refractivity (Wildman–Crippen MR) is 133 cm³/mol. The van der Waals surface area contributed by atoms with Crippen LogP contribution in [-0.4, -0.2) is 64.9 Å². The van der Waals surface area contributed by atoms with Gasteiger partial charge in [0.1, 0.15) is 11.3 Å². The van der Waals surface area contributed by atoms with E-state index in [-0.39, 0.29) is 25.4 Å². The topological polar surface area (TPSA) is 147 Å². The number of Topliss-reactive ketones (excluding diaryl/α,β-unsaturated/α-hetero) is 1. The number of hydrogen-bond donors (Lipinski definition) is 3. The molecule has 1 fully saturated rings. The van der Waals surface area contributed by atoms with Crippen molar-refractivity contribution >= 4 is 23.7 Å². The Morgan fingerprint density at radius 3 is 2.25 bits per heavy atom. The first-order valence-electron chi connectivity index (χ1n) is 13.3. The van der Waals surface area contributed by atoms with E-state index >= 15 is 0 Å². The molecule has 1 rings (SSSR count). The zero-order valence-corrected chi connectivity index (χ0v) is 21.9. The fourth-order valence-electron chi connectivity index (χ4n) is 5.13. The molecule has 0 aromatic carbocycles. The van der Waals surface area contributed by atoms with Crippen molar-refractivity contribution in [2.75, 3.05) is 19.8 Å². The maximum absolute atomic E-state index is 13.6. The molecule has 1 saturated carbocycles. The highest BCUT2D eigenvalue weighted by Gasteiger charge is 2.65. The minimum Gasteiger partial charge on any atom is -0.481 e. The number of hydrogen-bond acceptors (Lipinski definition) is 8. The van der Waals surface area contributed by atoms with Crippen LogP contribution in [0.25, 0.3) is 0 Å². The van der Waals surface area contributed by atoms with Crippen molar-refractivity contribution < 1.29 is 44.0 Å². The molecule has 0 aromatic rings. The molecule has 206 valence electrons. The molecule has 0 radical (unpaired) electrons. The Balaban J connectivity index is 3.17. The fraction of sp³-hybridized carbons (Fsp3) is 0.778. The number of allylic oxidation sites excluding steroid dienone is 1. The Morgan fingerprint density at radius 1 is 1.00 bits per heavy atom. The van der Waals surface area contributed by atoms with Gasteiger partial charge in [0, 0.05) is 24.9 Å². The molecule has 9 nitrogen and oxygen atoms in total. The molecule has 1 aliphatic carbocycles. The monoisotopic (exact) mass is 512 g/mol. The molecule has 0 heterocycles. The van der Waals surface area contributed by atoms with E-state index in [2.05, 4.69) is 6.92 Å². The molecule has 5 unspecified atom stereocenters. The lowest BCUT2D eigenvalue weighted by Gasteiger charge is -2.32. The Labute approximate surface area is 214 Å². The van der Waals surface area contributed by atoms with Gasteiger partial charge in [-0.05, 0) is 33.1 Å². The molecule has 3 N–H and O–H groups in total. The van der Waals surface area contributed by atoms with Crippen LogP contribution in [0.1, 0.15) is 85.0 Å². The predicted octanol–water partition coefficient (Wildman–Crippen LogP) is 3.45. The van der Waals surface area contributed by atoms with Crippen molar-refractivity contribution in [3.8, 4) is 0 Å². The number of ketones is 1. The molecule has 0 spiro atoms. The summed E-state index contributed by atoms with van der Waals surface area (Å²) in [6, 6.07) is 0. The number of rotatable bonds is 18. The maximum Gasteiger partial charge on any atom is 0.320 e. The Morgan fingerprint density at radius 2 is 1.67 bits per heavy atom. The average Bonchev–Trinajstić information content (AvgIpc) is 3.08. The normalized spacial score (nSPS) is 24.7. The first-order valence-corrected chi connectivity index (χ1v) is 13.3. The quantitative estimate of drug-likeness (QED) is 0.109. The minimum atomic E-state index is -1.76. The Hall–Kier alpha value is -2.26. The van der Waals surface area contributed by atoms with E-state index in [1.54, 1.807) is 13.8 Å². The molecule has 1 aliphatic rings. The van der Waals surface area contributed by atoms with Gasteiger partial charge >= 0.3 is 17.9 Å². The smallest absolute Gasteiger partial charge is 0.320 e. The molecule has 5 atom stereocenters. The third kappa shape index (κ3) is 8.40. The number of carbonyl (C=O) groups excluding carboxylic acids is 3. The summed E-state index contributed by atoms with van der Waals surface area (Å²) in [6.07, 6.45) is 8.16. The standard InChI is InChI=1S/C27H44O9/c1-4-7-10-13-19(29)15-16-21-20(18-28)23(25(32)33)24(31)27(21,26(34)36-6-3)17-12-9-8-11-14-22(30)35-5-2/h15-16,19-21,23,28-29H,4-14,17-18H2,1-3H3,(H,32,33). The lowest BCUT2D eigenvalue weighted by Crippen LogP contribution is -2.43. The second kappa shape index (κ2) is 16.5. The van der Waals surface area contributed by atoms with Gasteiger partial charge in [0.25, 0.3) is 0 Å². The van der Waals surface area contributed by atoms with Crippen molar-refractivity contribution in [3.05, 3.63) is 12.2 Å². The van der Waals surface area contributed by atoms with Gasteiger partial charge in [-0.3, -0.25) is 19.2 Å². The zero-order chi connectivity index (χ0) is 27.1. The summed E-state index contributed by atoms with van der Waals surface area (Å²) in [5, 5.41) is 30.3. The van der Waals surface area contributed by atoms with Crippen LogP contribution in [0.5, 0.6) is 0 Å². The van der Waals surface area contributed by atoms with Crippen LogP contribution < -0.4 is 0 Å². The highest BCUT2D eigenvalue weighted by molar-refractivity contribution is 6.14. The number of carboxylic acid groups (broad SMARTS) is 1. The molecule has 0 saturated heterocycles. The van der Waals surface area contributed by atoms with Crippen LogP contribution in [-0.2, 0) is 28.7 Å². The van der Waals surface area contributed by atoms with Crippen molar-refractivity contribution in [2.45, 2.75) is 91.1 Å². The molecule has 0 amide bonds. The summed E-state index contributed by atoms with van der Waals surface area (Å²) >= 11 is 0. The van der Waals surface area contributed by atoms with Crippen LogP contribution in [0.3, 0.4) is 0 Å². The van der Waals surface area contributed by atoms with Gasteiger partial charge in [0.2, 0.25) is 0 Å². The van der Waals surface area contributed by atoms with Crippen molar-refractivity contribution in [1.82, 2.24) is 0 Å². The highest BCUT2D eigenvalue weighted by atomic mass is 16.5. The largest absolute Gasteiger partial charge is 0.481 e. The molecule has 9 heteroatoms. The van der Waals surface area contributed by atoms with Crippen molar-refractivity contribution in [3.63, 3.8) is 0 Å². The summed E-state index contributed by atoms with van der Waals surface area (Å²) in [6.45, 7) is 5.15. The Kier molecular flexibility index (Phi) is 14.5. The van der Waals surface area contributed by atoms with Gasteiger partial charge in [-0.1, -0.05) is 57.6 Å². The van der Waals surface area contributed by atoms with E-state index in [4.69, 9.17) is 9.47 Å². The first kappa shape index (κ1) is 31.8. The van der Waals surface area contributed by atoms with Crippen LogP contribution in [0.15, 0.2) is 12.2 Å². The molecular formula is C27H44O9. The summed E-state index contributed by atoms with van der Waals surface area (Å²) in [7, 11) is 0. The van der Waals surface area contributed by atoms with Gasteiger partial charge in [0.05, 0.1) is 19.3 Å². The van der Waals surface area contributed by atoms with Crippen molar-refractivity contribution in [1.29, 1.82) is 0 Å².